The predicted molar refractivity (Wildman–Crippen MR) is 126 cm³/mol. The maximum absolute atomic E-state index is 13.2. The van der Waals surface area contributed by atoms with E-state index >= 15 is 0 Å². The fraction of sp³-hybridized carbons (Fsp3) is 0.136. The van der Waals surface area contributed by atoms with Gasteiger partial charge in [0.1, 0.15) is 10.6 Å². The number of nitrogens with zero attached hydrogens (tertiary/aromatic N) is 2. The lowest BCUT2D eigenvalue weighted by Crippen LogP contribution is -2.26. The number of thiophene rings is 2. The second-order valence-corrected chi connectivity index (χ2v) is 9.35. The molecule has 1 N–H and O–H groups in total. The van der Waals surface area contributed by atoms with Crippen LogP contribution in [0.4, 0.5) is 4.39 Å². The summed E-state index contributed by atoms with van der Waals surface area (Å²) in [6.45, 7) is 4.36. The number of amides is 1. The average Bonchev–Trinajstić information content (AvgIpc) is 3.44. The number of allylic oxidation sites excluding steroid dienone is 1. The van der Waals surface area contributed by atoms with Crippen LogP contribution in [0.15, 0.2) is 69.8 Å². The van der Waals surface area contributed by atoms with E-state index in [0.717, 1.165) is 16.0 Å². The summed E-state index contributed by atoms with van der Waals surface area (Å²) in [6.07, 6.45) is 1.64. The Kier molecular flexibility index (Phi) is 6.64. The van der Waals surface area contributed by atoms with Gasteiger partial charge in [-0.2, -0.15) is 0 Å². The molecule has 31 heavy (non-hydrogen) atoms. The van der Waals surface area contributed by atoms with Gasteiger partial charge in [0.15, 0.2) is 5.16 Å². The maximum atomic E-state index is 13.2. The van der Waals surface area contributed by atoms with Gasteiger partial charge in [-0.25, -0.2) is 9.37 Å². The van der Waals surface area contributed by atoms with Crippen molar-refractivity contribution in [3.05, 3.63) is 81.5 Å². The van der Waals surface area contributed by atoms with Crippen LogP contribution in [0.2, 0.25) is 0 Å². The van der Waals surface area contributed by atoms with Gasteiger partial charge in [-0.15, -0.1) is 29.3 Å². The van der Waals surface area contributed by atoms with Gasteiger partial charge >= 0.3 is 0 Å². The Labute approximate surface area is 190 Å². The molecule has 0 spiro atoms. The largest absolute Gasteiger partial charge is 0.351 e. The van der Waals surface area contributed by atoms with Crippen LogP contribution in [0.1, 0.15) is 5.56 Å². The third-order valence-corrected chi connectivity index (χ3v) is 7.24. The molecule has 3 heterocycles. The van der Waals surface area contributed by atoms with Crippen LogP contribution in [-0.4, -0.2) is 21.2 Å². The third kappa shape index (κ3) is 4.79. The monoisotopic (exact) mass is 471 g/mol. The van der Waals surface area contributed by atoms with Gasteiger partial charge in [-0.05, 0) is 29.1 Å². The molecular formula is C22H18FN3O2S3. The number of benzene rings is 1. The Balaban J connectivity index is 1.53. The van der Waals surface area contributed by atoms with Gasteiger partial charge in [-0.1, -0.05) is 36.0 Å². The lowest BCUT2D eigenvalue weighted by molar-refractivity contribution is -0.118. The van der Waals surface area contributed by atoms with E-state index in [-0.39, 0.29) is 23.0 Å². The van der Waals surface area contributed by atoms with Crippen molar-refractivity contribution in [2.45, 2.75) is 18.2 Å². The molecule has 158 valence electrons. The Morgan fingerprint density at radius 1 is 1.26 bits per heavy atom. The van der Waals surface area contributed by atoms with Crippen molar-refractivity contribution in [1.82, 2.24) is 14.9 Å². The smallest absolute Gasteiger partial charge is 0.263 e. The minimum Gasteiger partial charge on any atom is -0.351 e. The van der Waals surface area contributed by atoms with E-state index in [4.69, 9.17) is 0 Å². The van der Waals surface area contributed by atoms with Gasteiger partial charge < -0.3 is 5.32 Å². The Bertz CT molecular complexity index is 1280. The molecule has 1 aromatic carbocycles. The number of hydrogen-bond acceptors (Lipinski definition) is 6. The first kappa shape index (κ1) is 21.5. The summed E-state index contributed by atoms with van der Waals surface area (Å²) in [4.78, 5) is 31.9. The van der Waals surface area contributed by atoms with E-state index in [2.05, 4.69) is 16.9 Å². The van der Waals surface area contributed by atoms with Gasteiger partial charge in [0.05, 0.1) is 11.1 Å². The molecule has 0 atom stereocenters. The lowest BCUT2D eigenvalue weighted by Gasteiger charge is -2.11. The van der Waals surface area contributed by atoms with Crippen LogP contribution in [0.3, 0.4) is 0 Å². The number of thioether (sulfide) groups is 1. The van der Waals surface area contributed by atoms with Crippen molar-refractivity contribution < 1.29 is 9.18 Å². The average molecular weight is 472 g/mol. The van der Waals surface area contributed by atoms with Crippen LogP contribution in [0.5, 0.6) is 0 Å². The molecule has 0 saturated heterocycles. The number of aromatic nitrogens is 2. The van der Waals surface area contributed by atoms with Crippen molar-refractivity contribution in [2.75, 3.05) is 5.75 Å². The molecule has 0 aliphatic heterocycles. The number of carbonyl (C=O) groups is 1. The summed E-state index contributed by atoms with van der Waals surface area (Å²) in [5.41, 5.74) is 1.56. The van der Waals surface area contributed by atoms with Crippen molar-refractivity contribution in [3.63, 3.8) is 0 Å². The fourth-order valence-corrected chi connectivity index (χ4v) is 5.64. The first-order chi connectivity index (χ1) is 15.1. The van der Waals surface area contributed by atoms with Crippen molar-refractivity contribution in [3.8, 4) is 10.4 Å². The van der Waals surface area contributed by atoms with E-state index < -0.39 is 0 Å². The number of hydrogen-bond donors (Lipinski definition) is 1. The first-order valence-electron chi connectivity index (χ1n) is 9.37. The number of halogens is 1. The maximum Gasteiger partial charge on any atom is 0.263 e. The summed E-state index contributed by atoms with van der Waals surface area (Å²) in [5.74, 6) is -0.401. The fourth-order valence-electron chi connectivity index (χ4n) is 3.00. The topological polar surface area (TPSA) is 64.0 Å². The summed E-state index contributed by atoms with van der Waals surface area (Å²) < 4.78 is 14.5. The highest BCUT2D eigenvalue weighted by Gasteiger charge is 2.18. The van der Waals surface area contributed by atoms with E-state index in [1.165, 1.54) is 35.2 Å². The zero-order valence-corrected chi connectivity index (χ0v) is 18.8. The number of fused-ring (bicyclic) bond motifs is 1. The Morgan fingerprint density at radius 2 is 2.06 bits per heavy atom. The molecule has 1 amide bonds. The van der Waals surface area contributed by atoms with Gasteiger partial charge in [0, 0.05) is 28.9 Å². The van der Waals surface area contributed by atoms with Crippen LogP contribution in [0.25, 0.3) is 20.7 Å². The molecular weight excluding hydrogens is 453 g/mol. The molecule has 0 saturated carbocycles. The van der Waals surface area contributed by atoms with Crippen molar-refractivity contribution >= 4 is 50.6 Å². The number of carbonyl (C=O) groups excluding carboxylic acids is 1. The highest BCUT2D eigenvalue weighted by molar-refractivity contribution is 7.99. The number of rotatable bonds is 8. The van der Waals surface area contributed by atoms with E-state index in [0.29, 0.717) is 28.5 Å². The standard InChI is InChI=1S/C22H18FN3O2S3/c1-2-9-26-21(28)19-16(17-4-3-10-29-17)12-30-20(19)25-22(26)31-13-18(27)24-11-14-5-7-15(23)8-6-14/h2-8,10,12H,1,9,11,13H2,(H,24,27). The SMILES string of the molecule is C=CCn1c(SCC(=O)NCc2ccc(F)cc2)nc2scc(-c3cccs3)c2c1=O. The molecule has 0 radical (unpaired) electrons. The zero-order valence-electron chi connectivity index (χ0n) is 16.3. The summed E-state index contributed by atoms with van der Waals surface area (Å²) in [7, 11) is 0. The minimum atomic E-state index is -0.317. The highest BCUT2D eigenvalue weighted by Crippen LogP contribution is 2.34. The van der Waals surface area contributed by atoms with Crippen LogP contribution < -0.4 is 10.9 Å². The molecule has 3 aromatic heterocycles. The van der Waals surface area contributed by atoms with Crippen LogP contribution in [-0.2, 0) is 17.9 Å². The van der Waals surface area contributed by atoms with Crippen LogP contribution in [0, 0.1) is 5.82 Å². The molecule has 0 aliphatic carbocycles. The molecule has 0 fully saturated rings. The van der Waals surface area contributed by atoms with E-state index in [9.17, 15) is 14.0 Å². The molecule has 4 rings (SSSR count). The zero-order chi connectivity index (χ0) is 21.8. The summed E-state index contributed by atoms with van der Waals surface area (Å²) in [5, 5.41) is 7.81. The normalized spacial score (nSPS) is 11.0. The summed E-state index contributed by atoms with van der Waals surface area (Å²) in [6, 6.07) is 9.90. The minimum absolute atomic E-state index is 0.111. The lowest BCUT2D eigenvalue weighted by atomic mass is 10.2. The molecule has 5 nitrogen and oxygen atoms in total. The van der Waals surface area contributed by atoms with Crippen molar-refractivity contribution in [1.29, 1.82) is 0 Å². The molecule has 0 bridgehead atoms. The van der Waals surface area contributed by atoms with Crippen LogP contribution >= 0.6 is 34.4 Å². The van der Waals surface area contributed by atoms with E-state index in [1.54, 1.807) is 34.1 Å². The van der Waals surface area contributed by atoms with Crippen molar-refractivity contribution in [2.24, 2.45) is 0 Å². The number of nitrogens with one attached hydrogen (secondary N) is 1. The second-order valence-electron chi connectivity index (χ2n) is 6.60. The van der Waals surface area contributed by atoms with Gasteiger partial charge in [0.25, 0.3) is 5.56 Å². The summed E-state index contributed by atoms with van der Waals surface area (Å²) >= 11 is 4.21. The quantitative estimate of drug-likeness (QED) is 0.225. The Hall–Kier alpha value is -2.75. The molecule has 0 aliphatic rings. The van der Waals surface area contributed by atoms with Gasteiger partial charge in [-0.3, -0.25) is 14.2 Å². The third-order valence-electron chi connectivity index (χ3n) is 4.49. The molecule has 0 unspecified atom stereocenters. The Morgan fingerprint density at radius 3 is 2.77 bits per heavy atom. The highest BCUT2D eigenvalue weighted by atomic mass is 32.2. The first-order valence-corrected chi connectivity index (χ1v) is 12.1. The molecule has 4 aromatic rings. The predicted octanol–water partition coefficient (Wildman–Crippen LogP) is 4.92. The van der Waals surface area contributed by atoms with Gasteiger partial charge in [0.2, 0.25) is 5.91 Å². The molecule has 9 heteroatoms. The second kappa shape index (κ2) is 9.59. The van der Waals surface area contributed by atoms with E-state index in [1.807, 2.05) is 22.9 Å².